The minimum atomic E-state index is -0.962. The Balaban J connectivity index is 2.44. The van der Waals surface area contributed by atoms with Crippen molar-refractivity contribution < 1.29 is 24.2 Å². The van der Waals surface area contributed by atoms with Gasteiger partial charge in [0.15, 0.2) is 0 Å². The van der Waals surface area contributed by atoms with E-state index in [9.17, 15) is 20.0 Å². The average Bonchev–Trinajstić information content (AvgIpc) is 2.83. The monoisotopic (exact) mass is 433 g/mol. The van der Waals surface area contributed by atoms with Gasteiger partial charge in [0, 0.05) is 0 Å². The van der Waals surface area contributed by atoms with E-state index >= 15 is 0 Å². The van der Waals surface area contributed by atoms with Crippen molar-refractivity contribution in [1.82, 2.24) is 0 Å². The minimum absolute atomic E-state index is 0.0329. The van der Waals surface area contributed by atoms with E-state index in [1.54, 1.807) is 42.5 Å². The third-order valence-corrected chi connectivity index (χ3v) is 5.30. The highest BCUT2D eigenvalue weighted by Gasteiger charge is 2.43. The van der Waals surface area contributed by atoms with Gasteiger partial charge in [0.25, 0.3) is 0 Å². The lowest BCUT2D eigenvalue weighted by molar-refractivity contribution is -0.139. The zero-order chi connectivity index (χ0) is 23.4. The summed E-state index contributed by atoms with van der Waals surface area (Å²) in [6, 6.07) is 15.6. The maximum Gasteiger partial charge on any atom is 0.355 e. The first-order chi connectivity index (χ1) is 15.4. The van der Waals surface area contributed by atoms with Crippen LogP contribution in [-0.2, 0) is 25.5 Å². The topological polar surface area (TPSA) is 126 Å². The normalized spacial score (nSPS) is 15.9. The molecular formula is C24H23N3O5. The highest BCUT2D eigenvalue weighted by atomic mass is 16.5. The molecule has 1 atom stereocenters. The van der Waals surface area contributed by atoms with Crippen LogP contribution in [0.25, 0.3) is 0 Å². The van der Waals surface area contributed by atoms with Crippen LogP contribution >= 0.6 is 0 Å². The molecule has 0 amide bonds. The number of allylic oxidation sites excluding steroid dienone is 1. The second-order valence-corrected chi connectivity index (χ2v) is 7.01. The molecule has 1 unspecified atom stereocenters. The highest BCUT2D eigenvalue weighted by molar-refractivity contribution is 6.06. The molecule has 32 heavy (non-hydrogen) atoms. The van der Waals surface area contributed by atoms with E-state index in [1.165, 1.54) is 25.2 Å². The second-order valence-electron chi connectivity index (χ2n) is 7.01. The van der Waals surface area contributed by atoms with Gasteiger partial charge in [-0.2, -0.15) is 5.26 Å². The Bertz CT molecular complexity index is 1160. The number of hydrogen-bond acceptors (Lipinski definition) is 8. The van der Waals surface area contributed by atoms with Gasteiger partial charge in [-0.05, 0) is 29.7 Å². The van der Waals surface area contributed by atoms with Crippen molar-refractivity contribution in [3.8, 4) is 11.8 Å². The van der Waals surface area contributed by atoms with Crippen LogP contribution < -0.4 is 10.6 Å². The van der Waals surface area contributed by atoms with E-state index in [0.29, 0.717) is 12.0 Å². The summed E-state index contributed by atoms with van der Waals surface area (Å²) in [7, 11) is 2.35. The molecule has 0 aromatic heterocycles. The molecule has 8 nitrogen and oxygen atoms in total. The molecule has 0 radical (unpaired) electrons. The Morgan fingerprint density at radius 2 is 1.78 bits per heavy atom. The fraction of sp³-hybridized carbons (Fsp3) is 0.208. The van der Waals surface area contributed by atoms with Gasteiger partial charge >= 0.3 is 11.9 Å². The molecule has 0 fully saturated rings. The van der Waals surface area contributed by atoms with Gasteiger partial charge in [-0.1, -0.05) is 43.3 Å². The second kappa shape index (κ2) is 9.27. The molecule has 164 valence electrons. The minimum Gasteiger partial charge on any atom is -0.506 e. The van der Waals surface area contributed by atoms with Gasteiger partial charge in [0.1, 0.15) is 17.3 Å². The van der Waals surface area contributed by atoms with Crippen LogP contribution in [0.1, 0.15) is 24.0 Å². The Morgan fingerprint density at radius 3 is 2.34 bits per heavy atom. The number of hydrogen-bond donors (Lipinski definition) is 2. The van der Waals surface area contributed by atoms with E-state index in [4.69, 9.17) is 15.2 Å². The summed E-state index contributed by atoms with van der Waals surface area (Å²) in [5.41, 5.74) is 7.67. The molecule has 1 aliphatic heterocycles. The number of benzene rings is 2. The Morgan fingerprint density at radius 1 is 1.12 bits per heavy atom. The molecule has 1 heterocycles. The van der Waals surface area contributed by atoms with Gasteiger partial charge in [0.2, 0.25) is 0 Å². The molecule has 0 spiro atoms. The number of ether oxygens (including phenoxy) is 2. The van der Waals surface area contributed by atoms with Crippen LogP contribution in [0.5, 0.6) is 5.75 Å². The Hall–Kier alpha value is -4.25. The van der Waals surface area contributed by atoms with Crippen LogP contribution in [-0.4, -0.2) is 31.3 Å². The largest absolute Gasteiger partial charge is 0.506 e. The standard InChI is InChI=1S/C24H23N3O5/c1-4-14-10-11-18(28)17(12-14)27-21(24(30)32-3)20(23(29)31-2)19(16(13-25)22(27)26)15-8-6-5-7-9-15/h5-12,19,28H,4,26H2,1-3H3. The van der Waals surface area contributed by atoms with Crippen LogP contribution in [0.15, 0.2) is 71.2 Å². The number of aromatic hydroxyl groups is 1. The first-order valence-electron chi connectivity index (χ1n) is 9.87. The number of aryl methyl sites for hydroxylation is 1. The van der Waals surface area contributed by atoms with Gasteiger partial charge in [-0.3, -0.25) is 4.90 Å². The van der Waals surface area contributed by atoms with Crippen molar-refractivity contribution in [3.63, 3.8) is 0 Å². The number of nitrogens with two attached hydrogens (primary N) is 1. The number of carbonyl (C=O) groups excluding carboxylic acids is 2. The molecule has 8 heteroatoms. The quantitative estimate of drug-likeness (QED) is 0.690. The van der Waals surface area contributed by atoms with Crippen LogP contribution in [0.2, 0.25) is 0 Å². The molecule has 0 bridgehead atoms. The summed E-state index contributed by atoms with van der Waals surface area (Å²) in [5, 5.41) is 20.6. The fourth-order valence-corrected chi connectivity index (χ4v) is 3.73. The predicted octanol–water partition coefficient (Wildman–Crippen LogP) is 2.85. The lowest BCUT2D eigenvalue weighted by atomic mass is 9.81. The van der Waals surface area contributed by atoms with Crippen molar-refractivity contribution in [2.45, 2.75) is 19.3 Å². The SMILES string of the molecule is CCc1ccc(O)c(N2C(N)=C(C#N)C(c3ccccc3)C(C(=O)OC)=C2C(=O)OC)c1. The van der Waals surface area contributed by atoms with E-state index in [0.717, 1.165) is 5.56 Å². The molecule has 3 N–H and O–H groups in total. The van der Waals surface area contributed by atoms with Gasteiger partial charge in [-0.25, -0.2) is 9.59 Å². The number of esters is 2. The zero-order valence-corrected chi connectivity index (χ0v) is 18.0. The van der Waals surface area contributed by atoms with Gasteiger partial charge < -0.3 is 20.3 Å². The van der Waals surface area contributed by atoms with Crippen molar-refractivity contribution in [3.05, 3.63) is 82.3 Å². The maximum atomic E-state index is 13.0. The van der Waals surface area contributed by atoms with E-state index in [1.807, 2.05) is 6.92 Å². The number of anilines is 1. The zero-order valence-electron chi connectivity index (χ0n) is 18.0. The summed E-state index contributed by atoms with van der Waals surface area (Å²) in [6.07, 6.45) is 0.642. The van der Waals surface area contributed by atoms with Crippen molar-refractivity contribution in [2.75, 3.05) is 19.1 Å². The number of rotatable bonds is 5. The number of phenolic OH excluding ortho intramolecular Hbond substituents is 1. The summed E-state index contributed by atoms with van der Waals surface area (Å²) < 4.78 is 9.96. The number of carbonyl (C=O) groups is 2. The summed E-state index contributed by atoms with van der Waals surface area (Å²) in [5.74, 6) is -2.94. The molecule has 0 aliphatic carbocycles. The molecule has 0 saturated carbocycles. The van der Waals surface area contributed by atoms with Crippen molar-refractivity contribution in [1.29, 1.82) is 5.26 Å². The van der Waals surface area contributed by atoms with E-state index < -0.39 is 17.9 Å². The molecule has 1 aliphatic rings. The molecule has 2 aromatic carbocycles. The number of nitrogens with zero attached hydrogens (tertiary/aromatic N) is 2. The average molecular weight is 433 g/mol. The van der Waals surface area contributed by atoms with Crippen LogP contribution in [0.4, 0.5) is 5.69 Å². The highest BCUT2D eigenvalue weighted by Crippen LogP contribution is 2.45. The van der Waals surface area contributed by atoms with Gasteiger partial charge in [0.05, 0.1) is 43.0 Å². The Kier molecular flexibility index (Phi) is 6.50. The lowest BCUT2D eigenvalue weighted by Gasteiger charge is -2.36. The smallest absolute Gasteiger partial charge is 0.355 e. The third-order valence-electron chi connectivity index (χ3n) is 5.30. The molecule has 3 rings (SSSR count). The number of phenols is 1. The third kappa shape index (κ3) is 3.76. The molecule has 0 saturated heterocycles. The first-order valence-corrected chi connectivity index (χ1v) is 9.87. The number of methoxy groups -OCH3 is 2. The van der Waals surface area contributed by atoms with Crippen molar-refractivity contribution >= 4 is 17.6 Å². The summed E-state index contributed by atoms with van der Waals surface area (Å²) in [6.45, 7) is 1.93. The fourth-order valence-electron chi connectivity index (χ4n) is 3.73. The van der Waals surface area contributed by atoms with Gasteiger partial charge in [-0.15, -0.1) is 0 Å². The predicted molar refractivity (Wildman–Crippen MR) is 117 cm³/mol. The van der Waals surface area contributed by atoms with E-state index in [-0.39, 0.29) is 34.1 Å². The number of nitriles is 1. The molecular weight excluding hydrogens is 410 g/mol. The van der Waals surface area contributed by atoms with E-state index in [2.05, 4.69) is 6.07 Å². The van der Waals surface area contributed by atoms with Crippen LogP contribution in [0.3, 0.4) is 0 Å². The first kappa shape index (κ1) is 22.4. The summed E-state index contributed by atoms with van der Waals surface area (Å²) >= 11 is 0. The molecule has 2 aromatic rings. The maximum absolute atomic E-state index is 13.0. The van der Waals surface area contributed by atoms with Crippen LogP contribution in [0, 0.1) is 11.3 Å². The lowest BCUT2D eigenvalue weighted by Crippen LogP contribution is -2.40. The summed E-state index contributed by atoms with van der Waals surface area (Å²) in [4.78, 5) is 27.2. The van der Waals surface area contributed by atoms with Crippen molar-refractivity contribution in [2.24, 2.45) is 5.73 Å². The Labute approximate surface area is 185 Å².